The summed E-state index contributed by atoms with van der Waals surface area (Å²) in [7, 11) is 0. The second kappa shape index (κ2) is 9.33. The molecule has 0 spiro atoms. The van der Waals surface area contributed by atoms with Crippen molar-refractivity contribution in [2.45, 2.75) is 25.7 Å². The second-order valence-corrected chi connectivity index (χ2v) is 9.32. The van der Waals surface area contributed by atoms with Gasteiger partial charge in [0, 0.05) is 30.2 Å². The van der Waals surface area contributed by atoms with Crippen LogP contribution in [0.5, 0.6) is 0 Å². The number of nitrogens with zero attached hydrogens (tertiary/aromatic N) is 2. The predicted octanol–water partition coefficient (Wildman–Crippen LogP) is 5.30. The van der Waals surface area contributed by atoms with E-state index >= 15 is 0 Å². The molecule has 0 radical (unpaired) electrons. The molecule has 2 amide bonds. The number of anilines is 1. The largest absolute Gasteiger partial charge is 0.312 e. The molecule has 0 bridgehead atoms. The molecule has 0 N–H and O–H groups in total. The van der Waals surface area contributed by atoms with Crippen molar-refractivity contribution in [3.8, 4) is 0 Å². The van der Waals surface area contributed by atoms with Crippen LogP contribution in [-0.4, -0.2) is 34.1 Å². The molecule has 0 atom stereocenters. The topological polar surface area (TPSA) is 40.6 Å². The zero-order valence-electron chi connectivity index (χ0n) is 16.3. The molecule has 2 aromatic carbocycles. The fraction of sp³-hybridized carbons (Fsp3) is 0.261. The summed E-state index contributed by atoms with van der Waals surface area (Å²) in [6.07, 6.45) is 4.72. The highest BCUT2D eigenvalue weighted by Gasteiger charge is 2.32. The van der Waals surface area contributed by atoms with Gasteiger partial charge in [-0.15, -0.1) is 0 Å². The number of rotatable bonds is 5. The average Bonchev–Trinajstić information content (AvgIpc) is 3.02. The van der Waals surface area contributed by atoms with E-state index in [1.807, 2.05) is 41.3 Å². The summed E-state index contributed by atoms with van der Waals surface area (Å²) in [6.45, 7) is 1.18. The van der Waals surface area contributed by atoms with E-state index in [0.717, 1.165) is 30.6 Å². The molecule has 2 aromatic rings. The Bertz CT molecular complexity index is 1040. The normalized spacial score (nSPS) is 17.6. The molecule has 2 heterocycles. The van der Waals surface area contributed by atoms with Crippen LogP contribution in [0.4, 0.5) is 5.69 Å². The van der Waals surface area contributed by atoms with E-state index in [4.69, 9.17) is 23.8 Å². The molecule has 2 aliphatic heterocycles. The minimum atomic E-state index is -0.124. The molecule has 0 unspecified atom stereocenters. The molecule has 7 heteroatoms. The van der Waals surface area contributed by atoms with Crippen molar-refractivity contribution in [1.29, 1.82) is 0 Å². The summed E-state index contributed by atoms with van der Waals surface area (Å²) in [5, 5.41) is 0.593. The van der Waals surface area contributed by atoms with Gasteiger partial charge in [0.05, 0.1) is 4.91 Å². The van der Waals surface area contributed by atoms with Gasteiger partial charge < -0.3 is 4.90 Å². The van der Waals surface area contributed by atoms with Crippen molar-refractivity contribution in [1.82, 2.24) is 4.90 Å². The number of halogens is 1. The van der Waals surface area contributed by atoms with E-state index in [2.05, 4.69) is 6.07 Å². The maximum absolute atomic E-state index is 12.8. The Morgan fingerprint density at radius 2 is 1.93 bits per heavy atom. The first-order chi connectivity index (χ1) is 14.5. The lowest BCUT2D eigenvalue weighted by Crippen LogP contribution is -2.36. The Kier molecular flexibility index (Phi) is 6.56. The smallest absolute Gasteiger partial charge is 0.266 e. The maximum Gasteiger partial charge on any atom is 0.266 e. The van der Waals surface area contributed by atoms with Crippen LogP contribution in [0.2, 0.25) is 5.02 Å². The van der Waals surface area contributed by atoms with Crippen LogP contribution in [0.3, 0.4) is 0 Å². The highest BCUT2D eigenvalue weighted by molar-refractivity contribution is 8.26. The van der Waals surface area contributed by atoms with Crippen LogP contribution in [-0.2, 0) is 16.0 Å². The SMILES string of the molecule is O=C1/C(=C\c2ccccc2Cl)SC(=S)N1CCCC(=O)N1CCCc2ccccc21. The fourth-order valence-electron chi connectivity index (χ4n) is 3.74. The van der Waals surface area contributed by atoms with Gasteiger partial charge in [0.1, 0.15) is 4.32 Å². The number of amides is 2. The number of fused-ring (bicyclic) bond motifs is 1. The highest BCUT2D eigenvalue weighted by atomic mass is 35.5. The van der Waals surface area contributed by atoms with Gasteiger partial charge in [-0.3, -0.25) is 14.5 Å². The number of aryl methyl sites for hydroxylation is 1. The molecule has 1 saturated heterocycles. The van der Waals surface area contributed by atoms with Crippen molar-refractivity contribution in [3.05, 3.63) is 69.6 Å². The number of carbonyl (C=O) groups excluding carboxylic acids is 2. The Labute approximate surface area is 190 Å². The first-order valence-corrected chi connectivity index (χ1v) is 11.5. The molecule has 30 heavy (non-hydrogen) atoms. The molecule has 2 aliphatic rings. The van der Waals surface area contributed by atoms with E-state index in [9.17, 15) is 9.59 Å². The molecular formula is C23H21ClN2O2S2. The third kappa shape index (κ3) is 4.46. The van der Waals surface area contributed by atoms with Gasteiger partial charge in [0.25, 0.3) is 5.91 Å². The number of thioether (sulfide) groups is 1. The summed E-state index contributed by atoms with van der Waals surface area (Å²) in [6, 6.07) is 15.5. The van der Waals surface area contributed by atoms with Crippen LogP contribution < -0.4 is 4.90 Å². The molecule has 0 saturated carbocycles. The lowest BCUT2D eigenvalue weighted by Gasteiger charge is -2.29. The highest BCUT2D eigenvalue weighted by Crippen LogP contribution is 2.34. The standard InChI is InChI=1S/C23H21ClN2O2S2/c24-18-10-3-1-8-17(18)15-20-22(28)26(23(29)30-20)14-6-12-21(27)25-13-5-9-16-7-2-4-11-19(16)25/h1-4,7-8,10-11,15H,5-6,9,12-14H2/b20-15+. The van der Waals surface area contributed by atoms with E-state index < -0.39 is 0 Å². The number of benzene rings is 2. The summed E-state index contributed by atoms with van der Waals surface area (Å²) in [5.74, 6) is -0.0279. The summed E-state index contributed by atoms with van der Waals surface area (Å²) in [4.78, 5) is 29.6. The fourth-order valence-corrected chi connectivity index (χ4v) is 5.23. The summed E-state index contributed by atoms with van der Waals surface area (Å²) >= 11 is 12.9. The van der Waals surface area contributed by atoms with Gasteiger partial charge in [-0.25, -0.2) is 0 Å². The van der Waals surface area contributed by atoms with Crippen LogP contribution >= 0.6 is 35.6 Å². The van der Waals surface area contributed by atoms with Gasteiger partial charge in [0.2, 0.25) is 5.91 Å². The lowest BCUT2D eigenvalue weighted by molar-refractivity contribution is -0.123. The molecular weight excluding hydrogens is 436 g/mol. The monoisotopic (exact) mass is 456 g/mol. The number of para-hydroxylation sites is 1. The minimum Gasteiger partial charge on any atom is -0.312 e. The van der Waals surface area contributed by atoms with Crippen LogP contribution in [0.25, 0.3) is 6.08 Å². The average molecular weight is 457 g/mol. The van der Waals surface area contributed by atoms with Gasteiger partial charge in [0.15, 0.2) is 0 Å². The molecule has 0 aromatic heterocycles. The number of hydrogen-bond donors (Lipinski definition) is 0. The van der Waals surface area contributed by atoms with E-state index in [0.29, 0.717) is 33.6 Å². The van der Waals surface area contributed by atoms with Crippen LogP contribution in [0.1, 0.15) is 30.4 Å². The van der Waals surface area contributed by atoms with Crippen molar-refractivity contribution in [2.24, 2.45) is 0 Å². The Morgan fingerprint density at radius 1 is 1.17 bits per heavy atom. The first kappa shape index (κ1) is 21.1. The Balaban J connectivity index is 1.37. The van der Waals surface area contributed by atoms with Crippen molar-refractivity contribution < 1.29 is 9.59 Å². The van der Waals surface area contributed by atoms with Crippen molar-refractivity contribution in [3.63, 3.8) is 0 Å². The zero-order valence-corrected chi connectivity index (χ0v) is 18.7. The Hall–Kier alpha value is -2.15. The van der Waals surface area contributed by atoms with E-state index in [1.165, 1.54) is 17.3 Å². The molecule has 154 valence electrons. The molecule has 4 nitrogen and oxygen atoms in total. The number of hydrogen-bond acceptors (Lipinski definition) is 4. The van der Waals surface area contributed by atoms with Gasteiger partial charge in [-0.05, 0) is 48.6 Å². The summed E-state index contributed by atoms with van der Waals surface area (Å²) in [5.41, 5.74) is 3.03. The van der Waals surface area contributed by atoms with E-state index in [1.54, 1.807) is 17.0 Å². The molecule has 1 fully saturated rings. The van der Waals surface area contributed by atoms with Gasteiger partial charge in [-0.2, -0.15) is 0 Å². The van der Waals surface area contributed by atoms with Crippen molar-refractivity contribution >= 4 is 63.5 Å². The van der Waals surface area contributed by atoms with Crippen LogP contribution in [0, 0.1) is 0 Å². The number of carbonyl (C=O) groups is 2. The van der Waals surface area contributed by atoms with Gasteiger partial charge >= 0.3 is 0 Å². The van der Waals surface area contributed by atoms with Crippen molar-refractivity contribution in [2.75, 3.05) is 18.0 Å². The van der Waals surface area contributed by atoms with E-state index in [-0.39, 0.29) is 11.8 Å². The second-order valence-electron chi connectivity index (χ2n) is 7.24. The summed E-state index contributed by atoms with van der Waals surface area (Å²) < 4.78 is 0.522. The number of thiocarbonyl (C=S) groups is 1. The minimum absolute atomic E-state index is 0.0965. The molecule has 4 rings (SSSR count). The predicted molar refractivity (Wildman–Crippen MR) is 128 cm³/mol. The third-order valence-electron chi connectivity index (χ3n) is 5.25. The zero-order chi connectivity index (χ0) is 21.1. The maximum atomic E-state index is 12.8. The lowest BCUT2D eigenvalue weighted by atomic mass is 10.0. The first-order valence-electron chi connectivity index (χ1n) is 9.93. The third-order valence-corrected chi connectivity index (χ3v) is 6.97. The molecule has 0 aliphatic carbocycles. The Morgan fingerprint density at radius 3 is 2.77 bits per heavy atom. The van der Waals surface area contributed by atoms with Gasteiger partial charge in [-0.1, -0.05) is 72.0 Å². The van der Waals surface area contributed by atoms with Crippen LogP contribution in [0.15, 0.2) is 53.4 Å². The quantitative estimate of drug-likeness (QED) is 0.452.